The summed E-state index contributed by atoms with van der Waals surface area (Å²) >= 11 is 0. The molecule has 104 valence electrons. The summed E-state index contributed by atoms with van der Waals surface area (Å²) in [4.78, 5) is 22.2. The lowest BCUT2D eigenvalue weighted by molar-refractivity contribution is -0.141. The Morgan fingerprint density at radius 3 is 2.50 bits per heavy atom. The quantitative estimate of drug-likeness (QED) is 0.702. The van der Waals surface area contributed by atoms with Crippen molar-refractivity contribution >= 4 is 12.0 Å². The summed E-state index contributed by atoms with van der Waals surface area (Å²) in [6.45, 7) is 6.41. The molecule has 1 rings (SSSR count). The first kappa shape index (κ1) is 14.8. The van der Waals surface area contributed by atoms with Gasteiger partial charge in [0.15, 0.2) is 0 Å². The van der Waals surface area contributed by atoms with Crippen LogP contribution in [0.2, 0.25) is 0 Å². The van der Waals surface area contributed by atoms with E-state index in [9.17, 15) is 9.59 Å². The van der Waals surface area contributed by atoms with Crippen LogP contribution in [0.1, 0.15) is 40.0 Å². The molecule has 1 aliphatic carbocycles. The molecule has 0 heterocycles. The summed E-state index contributed by atoms with van der Waals surface area (Å²) in [6, 6.07) is 0.0652. The van der Waals surface area contributed by atoms with Crippen LogP contribution in [-0.4, -0.2) is 29.7 Å². The molecule has 0 aromatic carbocycles. The van der Waals surface area contributed by atoms with Gasteiger partial charge in [-0.3, -0.25) is 4.79 Å². The van der Waals surface area contributed by atoms with E-state index in [-0.39, 0.29) is 12.1 Å². The van der Waals surface area contributed by atoms with Crippen LogP contribution >= 0.6 is 0 Å². The lowest BCUT2D eigenvalue weighted by atomic mass is 9.98. The van der Waals surface area contributed by atoms with Crippen molar-refractivity contribution in [2.24, 2.45) is 17.8 Å². The van der Waals surface area contributed by atoms with Gasteiger partial charge in [-0.05, 0) is 31.1 Å². The first-order valence-electron chi connectivity index (χ1n) is 6.69. The number of nitrogens with one attached hydrogen (secondary N) is 2. The van der Waals surface area contributed by atoms with E-state index in [1.165, 1.54) is 0 Å². The van der Waals surface area contributed by atoms with Crippen LogP contribution in [0.4, 0.5) is 4.79 Å². The van der Waals surface area contributed by atoms with Gasteiger partial charge in [-0.15, -0.1) is 0 Å². The molecule has 0 aromatic heterocycles. The van der Waals surface area contributed by atoms with Crippen LogP contribution in [-0.2, 0) is 4.79 Å². The van der Waals surface area contributed by atoms with Gasteiger partial charge in [0.2, 0.25) is 0 Å². The molecule has 3 N–H and O–H groups in total. The van der Waals surface area contributed by atoms with E-state index in [0.717, 1.165) is 12.8 Å². The lowest BCUT2D eigenvalue weighted by Gasteiger charge is -2.20. The summed E-state index contributed by atoms with van der Waals surface area (Å²) in [6.07, 6.45) is 2.64. The molecule has 1 fully saturated rings. The maximum Gasteiger partial charge on any atom is 0.315 e. The number of carboxylic acid groups (broad SMARTS) is 1. The molecule has 0 spiro atoms. The molecule has 5 heteroatoms. The van der Waals surface area contributed by atoms with E-state index in [2.05, 4.69) is 24.5 Å². The number of amides is 2. The maximum atomic E-state index is 11.6. The molecule has 5 nitrogen and oxygen atoms in total. The van der Waals surface area contributed by atoms with E-state index >= 15 is 0 Å². The number of urea groups is 1. The van der Waals surface area contributed by atoms with Gasteiger partial charge in [0.25, 0.3) is 0 Å². The normalized spacial score (nSPS) is 28.7. The Bertz CT molecular complexity index is 307. The van der Waals surface area contributed by atoms with Crippen molar-refractivity contribution < 1.29 is 14.7 Å². The number of carbonyl (C=O) groups excluding carboxylic acids is 1. The molecule has 4 unspecified atom stereocenters. The van der Waals surface area contributed by atoms with Crippen LogP contribution in [0.5, 0.6) is 0 Å². The van der Waals surface area contributed by atoms with Gasteiger partial charge in [-0.25, -0.2) is 4.79 Å². The van der Waals surface area contributed by atoms with E-state index in [1.807, 2.05) is 0 Å². The van der Waals surface area contributed by atoms with Crippen LogP contribution in [0.3, 0.4) is 0 Å². The Morgan fingerprint density at radius 2 is 2.00 bits per heavy atom. The second kappa shape index (κ2) is 6.61. The van der Waals surface area contributed by atoms with Gasteiger partial charge in [0.05, 0.1) is 5.92 Å². The Morgan fingerprint density at radius 1 is 1.33 bits per heavy atom. The van der Waals surface area contributed by atoms with Crippen LogP contribution in [0.15, 0.2) is 0 Å². The number of hydrogen-bond acceptors (Lipinski definition) is 2. The molecular weight excluding hydrogens is 232 g/mol. The van der Waals surface area contributed by atoms with Crippen molar-refractivity contribution in [3.63, 3.8) is 0 Å². The van der Waals surface area contributed by atoms with Crippen molar-refractivity contribution in [1.82, 2.24) is 10.6 Å². The lowest BCUT2D eigenvalue weighted by Crippen LogP contribution is -2.44. The number of hydrogen-bond donors (Lipinski definition) is 3. The van der Waals surface area contributed by atoms with E-state index in [0.29, 0.717) is 24.8 Å². The van der Waals surface area contributed by atoms with E-state index < -0.39 is 11.9 Å². The van der Waals surface area contributed by atoms with Crippen molar-refractivity contribution in [2.45, 2.75) is 46.1 Å². The fourth-order valence-electron chi connectivity index (χ4n) is 2.31. The number of carboxylic acids is 1. The molecule has 1 saturated carbocycles. The predicted molar refractivity (Wildman–Crippen MR) is 69.3 cm³/mol. The first-order valence-corrected chi connectivity index (χ1v) is 6.69. The SMILES string of the molecule is CC(CCNC(=O)NC1CCC(C)C1C)C(=O)O. The number of aliphatic carboxylic acids is 1. The molecule has 0 aromatic rings. The Balaban J connectivity index is 2.20. The van der Waals surface area contributed by atoms with Crippen molar-refractivity contribution in [3.05, 3.63) is 0 Å². The number of rotatable bonds is 5. The molecule has 4 atom stereocenters. The Kier molecular flexibility index (Phi) is 5.44. The summed E-state index contributed by atoms with van der Waals surface area (Å²) in [7, 11) is 0. The van der Waals surface area contributed by atoms with Gasteiger partial charge in [-0.1, -0.05) is 20.8 Å². The number of carbonyl (C=O) groups is 2. The average molecular weight is 256 g/mol. The summed E-state index contributed by atoms with van der Waals surface area (Å²) in [5, 5.41) is 14.4. The van der Waals surface area contributed by atoms with Crippen molar-refractivity contribution in [3.8, 4) is 0 Å². The van der Waals surface area contributed by atoms with Crippen LogP contribution in [0, 0.1) is 17.8 Å². The third kappa shape index (κ3) is 4.20. The topological polar surface area (TPSA) is 78.4 Å². The molecular formula is C13H24N2O3. The van der Waals surface area contributed by atoms with Crippen LogP contribution < -0.4 is 10.6 Å². The van der Waals surface area contributed by atoms with Crippen molar-refractivity contribution in [1.29, 1.82) is 0 Å². The van der Waals surface area contributed by atoms with Gasteiger partial charge < -0.3 is 15.7 Å². The zero-order valence-corrected chi connectivity index (χ0v) is 11.4. The highest BCUT2D eigenvalue weighted by Crippen LogP contribution is 2.30. The monoisotopic (exact) mass is 256 g/mol. The largest absolute Gasteiger partial charge is 0.481 e. The standard InChI is InChI=1S/C13H24N2O3/c1-8-4-5-11(10(8)3)15-13(18)14-7-6-9(2)12(16)17/h8-11H,4-7H2,1-3H3,(H,16,17)(H2,14,15,18). The molecule has 0 aliphatic heterocycles. The zero-order valence-electron chi connectivity index (χ0n) is 11.4. The molecule has 0 bridgehead atoms. The Hall–Kier alpha value is -1.26. The van der Waals surface area contributed by atoms with Crippen LogP contribution in [0.25, 0.3) is 0 Å². The second-order valence-electron chi connectivity index (χ2n) is 5.45. The second-order valence-corrected chi connectivity index (χ2v) is 5.45. The summed E-state index contributed by atoms with van der Waals surface area (Å²) in [5.41, 5.74) is 0. The highest BCUT2D eigenvalue weighted by atomic mass is 16.4. The van der Waals surface area contributed by atoms with Gasteiger partial charge >= 0.3 is 12.0 Å². The van der Waals surface area contributed by atoms with E-state index in [4.69, 9.17) is 5.11 Å². The van der Waals surface area contributed by atoms with Crippen molar-refractivity contribution in [2.75, 3.05) is 6.54 Å². The minimum atomic E-state index is -0.824. The maximum absolute atomic E-state index is 11.6. The van der Waals surface area contributed by atoms with Gasteiger partial charge in [0.1, 0.15) is 0 Å². The zero-order chi connectivity index (χ0) is 13.7. The van der Waals surface area contributed by atoms with E-state index in [1.54, 1.807) is 6.92 Å². The molecule has 1 aliphatic rings. The van der Waals surface area contributed by atoms with Gasteiger partial charge in [-0.2, -0.15) is 0 Å². The van der Waals surface area contributed by atoms with Gasteiger partial charge in [0, 0.05) is 12.6 Å². The summed E-state index contributed by atoms with van der Waals surface area (Å²) in [5.74, 6) is -0.0813. The third-order valence-electron chi connectivity index (χ3n) is 4.07. The first-order chi connectivity index (χ1) is 8.41. The Labute approximate surface area is 108 Å². The smallest absolute Gasteiger partial charge is 0.315 e. The molecule has 2 amide bonds. The molecule has 0 radical (unpaired) electrons. The minimum absolute atomic E-state index is 0.182. The third-order valence-corrected chi connectivity index (χ3v) is 4.07. The highest BCUT2D eigenvalue weighted by molar-refractivity contribution is 5.74. The minimum Gasteiger partial charge on any atom is -0.481 e. The molecule has 0 saturated heterocycles. The average Bonchev–Trinajstić information content (AvgIpc) is 2.60. The molecule has 18 heavy (non-hydrogen) atoms. The fraction of sp³-hybridized carbons (Fsp3) is 0.846. The fourth-order valence-corrected chi connectivity index (χ4v) is 2.31. The predicted octanol–water partition coefficient (Wildman–Crippen LogP) is 1.83. The summed E-state index contributed by atoms with van der Waals surface area (Å²) < 4.78 is 0. The highest BCUT2D eigenvalue weighted by Gasteiger charge is 2.30.